The number of amides is 2. The van der Waals surface area contributed by atoms with E-state index in [1.165, 1.54) is 17.0 Å². The quantitative estimate of drug-likeness (QED) is 0.301. The molecule has 0 aliphatic carbocycles. The zero-order valence-corrected chi connectivity index (χ0v) is 17.0. The standard InChI is InChI=1S/C19H15IN2O3S/c1-10-3-4-11(2)15(7-10)22-18(25)13(17(24)21-19(22)26)8-12-5-6-16(23)14(20)9-12/h3-9,23H,1-2H3,(H,21,24,26)/b13-8+. The van der Waals surface area contributed by atoms with Crippen LogP contribution < -0.4 is 10.2 Å². The molecular weight excluding hydrogens is 463 g/mol. The van der Waals surface area contributed by atoms with Crippen LogP contribution in [0.25, 0.3) is 6.08 Å². The van der Waals surface area contributed by atoms with Crippen LogP contribution in [0.5, 0.6) is 5.75 Å². The number of hydrogen-bond acceptors (Lipinski definition) is 4. The van der Waals surface area contributed by atoms with Crippen molar-refractivity contribution in [2.75, 3.05) is 4.90 Å². The van der Waals surface area contributed by atoms with Gasteiger partial charge in [-0.3, -0.25) is 19.8 Å². The highest BCUT2D eigenvalue weighted by atomic mass is 127. The first-order chi connectivity index (χ1) is 12.3. The number of carbonyl (C=O) groups excluding carboxylic acids is 2. The van der Waals surface area contributed by atoms with E-state index in [1.807, 2.05) is 54.6 Å². The van der Waals surface area contributed by atoms with Crippen molar-refractivity contribution >= 4 is 63.5 Å². The molecule has 1 aliphatic rings. The van der Waals surface area contributed by atoms with E-state index >= 15 is 0 Å². The van der Waals surface area contributed by atoms with Gasteiger partial charge in [-0.25, -0.2) is 0 Å². The molecule has 132 valence electrons. The van der Waals surface area contributed by atoms with E-state index in [4.69, 9.17) is 12.2 Å². The topological polar surface area (TPSA) is 69.6 Å². The summed E-state index contributed by atoms with van der Waals surface area (Å²) in [6.07, 6.45) is 1.50. The average Bonchev–Trinajstić information content (AvgIpc) is 2.57. The fraction of sp³-hybridized carbons (Fsp3) is 0.105. The van der Waals surface area contributed by atoms with Gasteiger partial charge in [0.05, 0.1) is 9.26 Å². The van der Waals surface area contributed by atoms with Gasteiger partial charge in [0.1, 0.15) is 11.3 Å². The largest absolute Gasteiger partial charge is 0.507 e. The lowest BCUT2D eigenvalue weighted by Crippen LogP contribution is -2.54. The summed E-state index contributed by atoms with van der Waals surface area (Å²) < 4.78 is 0.627. The monoisotopic (exact) mass is 478 g/mol. The molecule has 0 bridgehead atoms. The summed E-state index contributed by atoms with van der Waals surface area (Å²) in [5, 5.41) is 12.3. The molecule has 0 unspecified atom stereocenters. The first-order valence-electron chi connectivity index (χ1n) is 7.75. The van der Waals surface area contributed by atoms with Gasteiger partial charge in [0, 0.05) is 0 Å². The maximum Gasteiger partial charge on any atom is 0.270 e. The molecule has 2 amide bonds. The average molecular weight is 478 g/mol. The molecule has 1 heterocycles. The molecule has 0 aromatic heterocycles. The number of aromatic hydroxyl groups is 1. The maximum atomic E-state index is 13.0. The van der Waals surface area contributed by atoms with E-state index in [0.717, 1.165) is 11.1 Å². The molecule has 1 saturated heterocycles. The van der Waals surface area contributed by atoms with E-state index in [-0.39, 0.29) is 16.4 Å². The third kappa shape index (κ3) is 3.49. The number of benzene rings is 2. The molecule has 0 radical (unpaired) electrons. The highest BCUT2D eigenvalue weighted by molar-refractivity contribution is 14.1. The van der Waals surface area contributed by atoms with Gasteiger partial charge in [-0.15, -0.1) is 0 Å². The third-order valence-electron chi connectivity index (χ3n) is 3.99. The third-order valence-corrected chi connectivity index (χ3v) is 5.14. The molecular formula is C19H15IN2O3S. The van der Waals surface area contributed by atoms with Crippen LogP contribution in [0.2, 0.25) is 0 Å². The van der Waals surface area contributed by atoms with Crippen molar-refractivity contribution in [2.45, 2.75) is 13.8 Å². The van der Waals surface area contributed by atoms with Gasteiger partial charge in [-0.2, -0.15) is 0 Å². The molecule has 0 atom stereocenters. The van der Waals surface area contributed by atoms with Gasteiger partial charge in [-0.05, 0) is 89.6 Å². The van der Waals surface area contributed by atoms with E-state index in [0.29, 0.717) is 14.8 Å². The van der Waals surface area contributed by atoms with Gasteiger partial charge in [0.25, 0.3) is 11.8 Å². The number of rotatable bonds is 2. The molecule has 2 N–H and O–H groups in total. The van der Waals surface area contributed by atoms with Crippen LogP contribution in [-0.2, 0) is 9.59 Å². The van der Waals surface area contributed by atoms with Crippen molar-refractivity contribution < 1.29 is 14.7 Å². The number of hydrogen-bond donors (Lipinski definition) is 2. The summed E-state index contributed by atoms with van der Waals surface area (Å²) >= 11 is 7.22. The normalized spacial score (nSPS) is 16.2. The molecule has 3 rings (SSSR count). The number of phenols is 1. The van der Waals surface area contributed by atoms with Gasteiger partial charge >= 0.3 is 0 Å². The number of halogens is 1. The molecule has 0 saturated carbocycles. The van der Waals surface area contributed by atoms with Crippen LogP contribution in [-0.4, -0.2) is 22.0 Å². The fourth-order valence-electron chi connectivity index (χ4n) is 2.62. The second-order valence-corrected chi connectivity index (χ2v) is 7.51. The summed E-state index contributed by atoms with van der Waals surface area (Å²) in [4.78, 5) is 26.7. The molecule has 26 heavy (non-hydrogen) atoms. The lowest BCUT2D eigenvalue weighted by Gasteiger charge is -2.30. The van der Waals surface area contributed by atoms with Crippen molar-refractivity contribution in [3.8, 4) is 5.75 Å². The smallest absolute Gasteiger partial charge is 0.270 e. The van der Waals surface area contributed by atoms with Crippen molar-refractivity contribution in [1.29, 1.82) is 0 Å². The maximum absolute atomic E-state index is 13.0. The van der Waals surface area contributed by atoms with Crippen molar-refractivity contribution in [2.24, 2.45) is 0 Å². The minimum Gasteiger partial charge on any atom is -0.507 e. The number of carbonyl (C=O) groups is 2. The van der Waals surface area contributed by atoms with E-state index in [9.17, 15) is 14.7 Å². The Morgan fingerprint density at radius 2 is 1.88 bits per heavy atom. The Morgan fingerprint density at radius 3 is 2.58 bits per heavy atom. The molecule has 7 heteroatoms. The van der Waals surface area contributed by atoms with Crippen molar-refractivity contribution in [3.05, 3.63) is 62.2 Å². The Bertz CT molecular complexity index is 985. The van der Waals surface area contributed by atoms with Crippen LogP contribution in [0.3, 0.4) is 0 Å². The SMILES string of the molecule is Cc1ccc(C)c(N2C(=O)/C(=C/c3ccc(O)c(I)c3)C(=O)NC2=S)c1. The fourth-order valence-corrected chi connectivity index (χ4v) is 3.43. The number of nitrogens with zero attached hydrogens (tertiary/aromatic N) is 1. The van der Waals surface area contributed by atoms with Crippen LogP contribution in [0.15, 0.2) is 42.0 Å². The minimum absolute atomic E-state index is 0.0130. The lowest BCUT2D eigenvalue weighted by molar-refractivity contribution is -0.122. The van der Waals surface area contributed by atoms with Gasteiger partial charge in [-0.1, -0.05) is 18.2 Å². The van der Waals surface area contributed by atoms with Crippen LogP contribution in [0.1, 0.15) is 16.7 Å². The van der Waals surface area contributed by atoms with Crippen LogP contribution in [0, 0.1) is 17.4 Å². The number of anilines is 1. The molecule has 2 aromatic carbocycles. The number of phenolic OH excluding ortho intramolecular Hbond substituents is 1. The zero-order valence-electron chi connectivity index (χ0n) is 14.0. The van der Waals surface area contributed by atoms with Crippen molar-refractivity contribution in [3.63, 3.8) is 0 Å². The summed E-state index contributed by atoms with van der Waals surface area (Å²) in [6, 6.07) is 10.6. The minimum atomic E-state index is -0.537. The van der Waals surface area contributed by atoms with Crippen molar-refractivity contribution in [1.82, 2.24) is 5.32 Å². The Hall–Kier alpha value is -2.26. The molecule has 2 aromatic rings. The van der Waals surface area contributed by atoms with Gasteiger partial charge in [0.15, 0.2) is 5.11 Å². The Labute approximate surface area is 169 Å². The second kappa shape index (κ2) is 7.16. The highest BCUT2D eigenvalue weighted by Gasteiger charge is 2.35. The van der Waals surface area contributed by atoms with E-state index in [1.54, 1.807) is 12.1 Å². The summed E-state index contributed by atoms with van der Waals surface area (Å²) in [5.74, 6) is -0.870. The summed E-state index contributed by atoms with van der Waals surface area (Å²) in [6.45, 7) is 3.81. The van der Waals surface area contributed by atoms with Gasteiger partial charge < -0.3 is 5.11 Å². The number of thiocarbonyl (C=S) groups is 1. The summed E-state index contributed by atoms with van der Waals surface area (Å²) in [5.41, 5.74) is 3.13. The lowest BCUT2D eigenvalue weighted by atomic mass is 10.0. The van der Waals surface area contributed by atoms with E-state index in [2.05, 4.69) is 5.32 Å². The predicted molar refractivity (Wildman–Crippen MR) is 113 cm³/mol. The molecule has 1 fully saturated rings. The Kier molecular flexibility index (Phi) is 5.10. The van der Waals surface area contributed by atoms with Crippen LogP contribution in [0.4, 0.5) is 5.69 Å². The number of nitrogens with one attached hydrogen (secondary N) is 1. The molecule has 0 spiro atoms. The highest BCUT2D eigenvalue weighted by Crippen LogP contribution is 2.27. The second-order valence-electron chi connectivity index (χ2n) is 5.96. The van der Waals surface area contributed by atoms with Crippen LogP contribution >= 0.6 is 34.8 Å². The number of aryl methyl sites for hydroxylation is 2. The Morgan fingerprint density at radius 1 is 1.15 bits per heavy atom. The Balaban J connectivity index is 2.07. The molecule has 5 nitrogen and oxygen atoms in total. The first kappa shape index (κ1) is 18.5. The first-order valence-corrected chi connectivity index (χ1v) is 9.24. The van der Waals surface area contributed by atoms with Gasteiger partial charge in [0.2, 0.25) is 0 Å². The zero-order chi connectivity index (χ0) is 19.0. The molecule has 1 aliphatic heterocycles. The predicted octanol–water partition coefficient (Wildman–Crippen LogP) is 3.44. The summed E-state index contributed by atoms with van der Waals surface area (Å²) in [7, 11) is 0. The van der Waals surface area contributed by atoms with E-state index < -0.39 is 11.8 Å².